The molecule has 5 rings (SSSR count). The number of thioether (sulfide) groups is 1. The molecule has 1 saturated heterocycles. The molecule has 1 N–H and O–H groups in total. The van der Waals surface area contributed by atoms with E-state index in [1.807, 2.05) is 47.8 Å². The average Bonchev–Trinajstić information content (AvgIpc) is 3.59. The number of anilines is 1. The van der Waals surface area contributed by atoms with Gasteiger partial charge in [0.25, 0.3) is 5.78 Å². The highest BCUT2D eigenvalue weighted by Crippen LogP contribution is 2.45. The molecule has 170 valence electrons. The van der Waals surface area contributed by atoms with Crippen molar-refractivity contribution in [2.24, 2.45) is 0 Å². The van der Waals surface area contributed by atoms with Crippen LogP contribution in [0.25, 0.3) is 5.76 Å². The lowest BCUT2D eigenvalue weighted by atomic mass is 10.00. The van der Waals surface area contributed by atoms with Crippen LogP contribution in [-0.2, 0) is 15.3 Å². The zero-order chi connectivity index (χ0) is 23.7. The van der Waals surface area contributed by atoms with Crippen molar-refractivity contribution < 1.29 is 14.7 Å². The molecule has 4 aromatic rings. The number of ketones is 1. The van der Waals surface area contributed by atoms with Crippen LogP contribution in [0.5, 0.6) is 0 Å². The Bertz CT molecular complexity index is 1370. The molecule has 1 amide bonds. The highest BCUT2D eigenvalue weighted by Gasteiger charge is 2.48. The third-order valence-corrected chi connectivity index (χ3v) is 8.49. The predicted octanol–water partition coefficient (Wildman–Crippen LogP) is 6.17. The zero-order valence-electron chi connectivity index (χ0n) is 17.4. The fourth-order valence-corrected chi connectivity index (χ4v) is 6.36. The first kappa shape index (κ1) is 22.8. The molecule has 1 fully saturated rings. The number of aliphatic hydroxyl groups excluding tert-OH is 1. The summed E-state index contributed by atoms with van der Waals surface area (Å²) in [4.78, 5) is 28.3. The minimum atomic E-state index is -0.796. The van der Waals surface area contributed by atoms with Gasteiger partial charge in [0, 0.05) is 21.2 Å². The Morgan fingerprint density at radius 3 is 2.50 bits per heavy atom. The first-order chi connectivity index (χ1) is 16.5. The smallest absolute Gasteiger partial charge is 0.301 e. The molecule has 0 radical (unpaired) electrons. The maximum Gasteiger partial charge on any atom is 0.301 e. The second-order valence-electron chi connectivity index (χ2n) is 7.32. The summed E-state index contributed by atoms with van der Waals surface area (Å²) in [7, 11) is 0. The Morgan fingerprint density at radius 1 is 1.03 bits per heavy atom. The summed E-state index contributed by atoms with van der Waals surface area (Å²) in [5, 5.41) is 22.2. The molecular formula is C24H16ClN3O3S3. The van der Waals surface area contributed by atoms with Crippen LogP contribution in [0.2, 0.25) is 5.02 Å². The van der Waals surface area contributed by atoms with E-state index in [0.717, 1.165) is 10.4 Å². The quantitative estimate of drug-likeness (QED) is 0.106. The number of halogens is 1. The van der Waals surface area contributed by atoms with E-state index >= 15 is 0 Å². The van der Waals surface area contributed by atoms with Gasteiger partial charge in [-0.25, -0.2) is 0 Å². The highest BCUT2D eigenvalue weighted by molar-refractivity contribution is 8.00. The third kappa shape index (κ3) is 4.39. The van der Waals surface area contributed by atoms with Crippen LogP contribution in [-0.4, -0.2) is 27.0 Å². The van der Waals surface area contributed by atoms with Crippen molar-refractivity contribution in [3.8, 4) is 0 Å². The van der Waals surface area contributed by atoms with E-state index in [4.69, 9.17) is 11.6 Å². The van der Waals surface area contributed by atoms with E-state index in [9.17, 15) is 14.7 Å². The Balaban J connectivity index is 1.51. The van der Waals surface area contributed by atoms with Gasteiger partial charge in [-0.3, -0.25) is 14.5 Å². The van der Waals surface area contributed by atoms with Crippen molar-refractivity contribution in [1.29, 1.82) is 0 Å². The van der Waals surface area contributed by atoms with Crippen LogP contribution in [0.1, 0.15) is 22.0 Å². The normalized spacial score (nSPS) is 17.4. The lowest BCUT2D eigenvalue weighted by molar-refractivity contribution is -0.132. The van der Waals surface area contributed by atoms with Gasteiger partial charge in [-0.15, -0.1) is 21.5 Å². The minimum Gasteiger partial charge on any atom is -0.507 e. The Hall–Kier alpha value is -2.98. The molecule has 0 spiro atoms. The van der Waals surface area contributed by atoms with Gasteiger partial charge in [0.15, 0.2) is 4.34 Å². The summed E-state index contributed by atoms with van der Waals surface area (Å²) in [5.41, 5.74) is 1.56. The second-order valence-corrected chi connectivity index (χ2v) is 10.9. The first-order valence-corrected chi connectivity index (χ1v) is 13.2. The standard InChI is InChI=1S/C24H16ClN3O3S3/c25-16-10-8-15(9-11-16)20(29)18-19(17-7-4-12-32-17)28(22(31)21(18)30)23-26-27-24(34-23)33-13-14-5-2-1-3-6-14/h1-12,19,29H,13H2/b20-18-. The van der Waals surface area contributed by atoms with Crippen molar-refractivity contribution in [3.05, 3.63) is 98.7 Å². The zero-order valence-corrected chi connectivity index (χ0v) is 20.6. The van der Waals surface area contributed by atoms with Gasteiger partial charge in [-0.05, 0) is 41.3 Å². The van der Waals surface area contributed by atoms with E-state index in [1.165, 1.54) is 39.3 Å². The molecule has 1 unspecified atom stereocenters. The minimum absolute atomic E-state index is 0.0171. The van der Waals surface area contributed by atoms with Crippen LogP contribution in [0.3, 0.4) is 0 Å². The monoisotopic (exact) mass is 525 g/mol. The van der Waals surface area contributed by atoms with Gasteiger partial charge in [0.2, 0.25) is 5.13 Å². The Morgan fingerprint density at radius 2 is 1.79 bits per heavy atom. The molecule has 1 atom stereocenters. The molecule has 0 aliphatic carbocycles. The molecule has 10 heteroatoms. The first-order valence-electron chi connectivity index (χ1n) is 10.1. The summed E-state index contributed by atoms with van der Waals surface area (Å²) >= 11 is 10.1. The fraction of sp³-hybridized carbons (Fsp3) is 0.0833. The topological polar surface area (TPSA) is 83.4 Å². The van der Waals surface area contributed by atoms with Crippen molar-refractivity contribution >= 4 is 68.6 Å². The number of thiophene rings is 1. The SMILES string of the molecule is O=C1C(=O)N(c2nnc(SCc3ccccc3)s2)C(c2cccs2)/C1=C(/O)c1ccc(Cl)cc1. The van der Waals surface area contributed by atoms with Crippen molar-refractivity contribution in [3.63, 3.8) is 0 Å². The van der Waals surface area contributed by atoms with Gasteiger partial charge in [-0.1, -0.05) is 71.1 Å². The van der Waals surface area contributed by atoms with Gasteiger partial charge in [0.05, 0.1) is 5.57 Å². The number of Topliss-reactive ketones (excluding diaryl/α,β-unsaturated/α-hetero) is 1. The molecule has 3 heterocycles. The maximum absolute atomic E-state index is 13.1. The van der Waals surface area contributed by atoms with Gasteiger partial charge in [0.1, 0.15) is 11.8 Å². The van der Waals surface area contributed by atoms with Crippen LogP contribution in [0.4, 0.5) is 5.13 Å². The van der Waals surface area contributed by atoms with E-state index in [0.29, 0.717) is 25.8 Å². The number of carbonyl (C=O) groups excluding carboxylic acids is 2. The summed E-state index contributed by atoms with van der Waals surface area (Å²) in [6.07, 6.45) is 0. The van der Waals surface area contributed by atoms with Gasteiger partial charge >= 0.3 is 5.91 Å². The second kappa shape index (κ2) is 9.71. The van der Waals surface area contributed by atoms with Gasteiger partial charge < -0.3 is 5.11 Å². The molecule has 1 aliphatic heterocycles. The van der Waals surface area contributed by atoms with E-state index < -0.39 is 17.7 Å². The number of aliphatic hydroxyl groups is 1. The molecule has 1 aliphatic rings. The largest absolute Gasteiger partial charge is 0.507 e. The molecule has 34 heavy (non-hydrogen) atoms. The summed E-state index contributed by atoms with van der Waals surface area (Å²) in [5.74, 6) is -1.05. The van der Waals surface area contributed by atoms with E-state index in [1.54, 1.807) is 24.3 Å². The number of nitrogens with zero attached hydrogens (tertiary/aromatic N) is 3. The third-order valence-electron chi connectivity index (χ3n) is 5.18. The van der Waals surface area contributed by atoms with Crippen LogP contribution < -0.4 is 4.90 Å². The predicted molar refractivity (Wildman–Crippen MR) is 136 cm³/mol. The fourth-order valence-electron chi connectivity index (χ4n) is 3.59. The van der Waals surface area contributed by atoms with Gasteiger partial charge in [-0.2, -0.15) is 0 Å². The number of hydrogen-bond acceptors (Lipinski definition) is 8. The molecule has 0 bridgehead atoms. The van der Waals surface area contributed by atoms with Crippen molar-refractivity contribution in [2.75, 3.05) is 4.90 Å². The molecule has 6 nitrogen and oxygen atoms in total. The maximum atomic E-state index is 13.1. The highest BCUT2D eigenvalue weighted by atomic mass is 35.5. The van der Waals surface area contributed by atoms with Crippen LogP contribution in [0, 0.1) is 0 Å². The van der Waals surface area contributed by atoms with Crippen LogP contribution in [0.15, 0.2) is 82.0 Å². The lowest BCUT2D eigenvalue weighted by Gasteiger charge is -2.20. The number of hydrogen-bond donors (Lipinski definition) is 1. The van der Waals surface area contributed by atoms with Crippen LogP contribution >= 0.6 is 46.0 Å². The summed E-state index contributed by atoms with van der Waals surface area (Å²) in [6.45, 7) is 0. The molecule has 2 aromatic heterocycles. The van der Waals surface area contributed by atoms with Crippen molar-refractivity contribution in [1.82, 2.24) is 10.2 Å². The van der Waals surface area contributed by atoms with Crippen molar-refractivity contribution in [2.45, 2.75) is 16.1 Å². The number of carbonyl (C=O) groups is 2. The summed E-state index contributed by atoms with van der Waals surface area (Å²) < 4.78 is 0.684. The van der Waals surface area contributed by atoms with E-state index in [2.05, 4.69) is 10.2 Å². The number of aromatic nitrogens is 2. The number of rotatable bonds is 6. The molecule has 0 saturated carbocycles. The lowest BCUT2D eigenvalue weighted by Crippen LogP contribution is -2.29. The molecule has 2 aromatic carbocycles. The summed E-state index contributed by atoms with van der Waals surface area (Å²) in [6, 6.07) is 19.3. The number of benzene rings is 2. The Kier molecular flexibility index (Phi) is 6.51. The Labute approximate surface area is 212 Å². The number of amides is 1. The average molecular weight is 526 g/mol. The molecular weight excluding hydrogens is 510 g/mol. The van der Waals surface area contributed by atoms with E-state index in [-0.39, 0.29) is 11.3 Å².